The third kappa shape index (κ3) is 8.56. The minimum absolute atomic E-state index is 0.00850. The lowest BCUT2D eigenvalue weighted by atomic mass is 10.0. The van der Waals surface area contributed by atoms with Gasteiger partial charge in [-0.2, -0.15) is 0 Å². The summed E-state index contributed by atoms with van der Waals surface area (Å²) in [7, 11) is 0. The van der Waals surface area contributed by atoms with Crippen molar-refractivity contribution in [3.63, 3.8) is 0 Å². The first kappa shape index (κ1) is 30.1. The zero-order valence-corrected chi connectivity index (χ0v) is 24.1. The lowest BCUT2D eigenvalue weighted by Crippen LogP contribution is -2.52. The largest absolute Gasteiger partial charge is 0.490 e. The molecule has 218 valence electrons. The van der Waals surface area contributed by atoms with Crippen molar-refractivity contribution in [3.8, 4) is 11.5 Å². The summed E-state index contributed by atoms with van der Waals surface area (Å²) in [6.45, 7) is 4.86. The number of nitrogens with one attached hydrogen (secondary N) is 1. The summed E-state index contributed by atoms with van der Waals surface area (Å²) in [6, 6.07) is 21.1. The summed E-state index contributed by atoms with van der Waals surface area (Å²) in [5.41, 5.74) is 2.25. The van der Waals surface area contributed by atoms with E-state index >= 15 is 0 Å². The molecular formula is C34H41FN2O4. The van der Waals surface area contributed by atoms with Crippen molar-refractivity contribution in [1.29, 1.82) is 0 Å². The van der Waals surface area contributed by atoms with E-state index in [4.69, 9.17) is 9.47 Å². The van der Waals surface area contributed by atoms with Gasteiger partial charge in [-0.1, -0.05) is 67.4 Å². The molecule has 1 atom stereocenters. The van der Waals surface area contributed by atoms with Crippen LogP contribution in [0.5, 0.6) is 11.5 Å². The quantitative estimate of drug-likeness (QED) is 0.253. The number of amides is 2. The van der Waals surface area contributed by atoms with E-state index in [2.05, 4.69) is 5.32 Å². The highest BCUT2D eigenvalue weighted by atomic mass is 19.1. The number of carbonyl (C=O) groups is 2. The fourth-order valence-electron chi connectivity index (χ4n) is 5.38. The monoisotopic (exact) mass is 560 g/mol. The Labute approximate surface area is 242 Å². The van der Waals surface area contributed by atoms with E-state index in [-0.39, 0.29) is 30.8 Å². The second-order valence-electron chi connectivity index (χ2n) is 10.5. The zero-order valence-electron chi connectivity index (χ0n) is 24.1. The first-order valence-corrected chi connectivity index (χ1v) is 14.7. The first-order chi connectivity index (χ1) is 20.0. The van der Waals surface area contributed by atoms with E-state index in [0.29, 0.717) is 43.1 Å². The van der Waals surface area contributed by atoms with Crippen LogP contribution in [-0.4, -0.2) is 42.0 Å². The highest BCUT2D eigenvalue weighted by Gasteiger charge is 2.32. The van der Waals surface area contributed by atoms with Crippen LogP contribution < -0.4 is 14.8 Å². The molecule has 1 fully saturated rings. The Morgan fingerprint density at radius 2 is 1.59 bits per heavy atom. The van der Waals surface area contributed by atoms with Crippen molar-refractivity contribution in [1.82, 2.24) is 10.2 Å². The number of hydrogen-bond acceptors (Lipinski definition) is 4. The van der Waals surface area contributed by atoms with Gasteiger partial charge < -0.3 is 19.7 Å². The molecule has 41 heavy (non-hydrogen) atoms. The number of hydrogen-bond donors (Lipinski definition) is 1. The van der Waals surface area contributed by atoms with E-state index < -0.39 is 11.9 Å². The Hall–Kier alpha value is -3.87. The van der Waals surface area contributed by atoms with Crippen LogP contribution in [0.4, 0.5) is 4.39 Å². The molecule has 3 aromatic rings. The molecule has 0 aliphatic heterocycles. The van der Waals surface area contributed by atoms with Gasteiger partial charge in [-0.05, 0) is 62.4 Å². The smallest absolute Gasteiger partial charge is 0.243 e. The number of aryl methyl sites for hydroxylation is 1. The Morgan fingerprint density at radius 1 is 0.902 bits per heavy atom. The minimum atomic E-state index is -0.774. The van der Waals surface area contributed by atoms with Crippen LogP contribution >= 0.6 is 0 Å². The van der Waals surface area contributed by atoms with Crippen molar-refractivity contribution >= 4 is 11.8 Å². The Morgan fingerprint density at radius 3 is 2.29 bits per heavy atom. The molecule has 0 heterocycles. The average Bonchev–Trinajstić information content (AvgIpc) is 3.49. The SMILES string of the molecule is CCOc1ccc(CCC(=O)N(Cc2ccccc2F)[C@@H](Cc2ccccc2)C(=O)NC2CCCC2)cc1OCC. The lowest BCUT2D eigenvalue weighted by Gasteiger charge is -2.32. The summed E-state index contributed by atoms with van der Waals surface area (Å²) in [4.78, 5) is 29.3. The van der Waals surface area contributed by atoms with Gasteiger partial charge in [0.2, 0.25) is 11.8 Å². The molecular weight excluding hydrogens is 519 g/mol. The van der Waals surface area contributed by atoms with Gasteiger partial charge in [0.1, 0.15) is 11.9 Å². The number of ether oxygens (including phenoxy) is 2. The van der Waals surface area contributed by atoms with E-state index in [0.717, 1.165) is 36.8 Å². The molecule has 1 N–H and O–H groups in total. The van der Waals surface area contributed by atoms with Gasteiger partial charge in [-0.25, -0.2) is 4.39 Å². The molecule has 2 amide bonds. The Kier molecular flexibility index (Phi) is 11.2. The zero-order chi connectivity index (χ0) is 29.0. The fourth-order valence-corrected chi connectivity index (χ4v) is 5.38. The van der Waals surface area contributed by atoms with Crippen LogP contribution in [0.15, 0.2) is 72.8 Å². The van der Waals surface area contributed by atoms with Crippen molar-refractivity contribution in [3.05, 3.63) is 95.3 Å². The van der Waals surface area contributed by atoms with Crippen LogP contribution in [0.1, 0.15) is 62.6 Å². The number of carbonyl (C=O) groups excluding carboxylic acids is 2. The van der Waals surface area contributed by atoms with Crippen LogP contribution in [0.2, 0.25) is 0 Å². The maximum Gasteiger partial charge on any atom is 0.243 e. The Balaban J connectivity index is 1.60. The van der Waals surface area contributed by atoms with Crippen molar-refractivity contribution in [2.75, 3.05) is 13.2 Å². The van der Waals surface area contributed by atoms with Crippen LogP contribution in [0.3, 0.4) is 0 Å². The summed E-state index contributed by atoms with van der Waals surface area (Å²) >= 11 is 0. The highest BCUT2D eigenvalue weighted by Crippen LogP contribution is 2.29. The summed E-state index contributed by atoms with van der Waals surface area (Å²) in [5.74, 6) is 0.512. The van der Waals surface area contributed by atoms with E-state index in [1.165, 1.54) is 6.07 Å². The molecule has 0 radical (unpaired) electrons. The van der Waals surface area contributed by atoms with Crippen molar-refractivity contribution < 1.29 is 23.5 Å². The summed E-state index contributed by atoms with van der Waals surface area (Å²) < 4.78 is 26.3. The predicted molar refractivity (Wildman–Crippen MR) is 158 cm³/mol. The second kappa shape index (κ2) is 15.2. The molecule has 4 rings (SSSR count). The molecule has 7 heteroatoms. The highest BCUT2D eigenvalue weighted by molar-refractivity contribution is 5.88. The van der Waals surface area contributed by atoms with E-state index in [1.807, 2.05) is 62.4 Å². The van der Waals surface area contributed by atoms with Crippen molar-refractivity contribution in [2.24, 2.45) is 0 Å². The topological polar surface area (TPSA) is 67.9 Å². The predicted octanol–water partition coefficient (Wildman–Crippen LogP) is 6.25. The third-order valence-electron chi connectivity index (χ3n) is 7.51. The van der Waals surface area contributed by atoms with Gasteiger partial charge in [-0.15, -0.1) is 0 Å². The second-order valence-corrected chi connectivity index (χ2v) is 10.5. The number of benzene rings is 3. The van der Waals surface area contributed by atoms with Crippen LogP contribution in [0, 0.1) is 5.82 Å². The molecule has 0 saturated heterocycles. The molecule has 0 unspecified atom stereocenters. The molecule has 0 aromatic heterocycles. The minimum Gasteiger partial charge on any atom is -0.490 e. The standard InChI is InChI=1S/C34H41FN2O4/c1-3-40-31-20-18-26(23-32(31)41-4-2)19-21-33(38)37(24-27-14-8-11-17-29(27)35)30(22-25-12-6-5-7-13-25)34(39)36-28-15-9-10-16-28/h5-8,11-14,17-18,20,23,28,30H,3-4,9-10,15-16,19,21-22,24H2,1-2H3,(H,36,39)/t30-/m0/s1. The van der Waals surface area contributed by atoms with Gasteiger partial charge in [0.05, 0.1) is 13.2 Å². The number of nitrogens with zero attached hydrogens (tertiary/aromatic N) is 1. The molecule has 1 saturated carbocycles. The van der Waals surface area contributed by atoms with Gasteiger partial charge in [0, 0.05) is 31.0 Å². The average molecular weight is 561 g/mol. The van der Waals surface area contributed by atoms with Crippen LogP contribution in [-0.2, 0) is 29.0 Å². The van der Waals surface area contributed by atoms with Gasteiger partial charge in [-0.3, -0.25) is 9.59 Å². The molecule has 3 aromatic carbocycles. The third-order valence-corrected chi connectivity index (χ3v) is 7.51. The van der Waals surface area contributed by atoms with Gasteiger partial charge in [0.25, 0.3) is 0 Å². The maximum absolute atomic E-state index is 14.8. The van der Waals surface area contributed by atoms with Gasteiger partial charge in [0.15, 0.2) is 11.5 Å². The molecule has 6 nitrogen and oxygen atoms in total. The normalized spacial score (nSPS) is 13.9. The molecule has 1 aliphatic carbocycles. The van der Waals surface area contributed by atoms with E-state index in [1.54, 1.807) is 23.1 Å². The summed E-state index contributed by atoms with van der Waals surface area (Å²) in [6.07, 6.45) is 4.99. The lowest BCUT2D eigenvalue weighted by molar-refractivity contribution is -0.141. The Bertz CT molecular complexity index is 1280. The van der Waals surface area contributed by atoms with Gasteiger partial charge >= 0.3 is 0 Å². The summed E-state index contributed by atoms with van der Waals surface area (Å²) in [5, 5.41) is 3.19. The first-order valence-electron chi connectivity index (χ1n) is 14.7. The number of rotatable bonds is 14. The molecule has 0 bridgehead atoms. The van der Waals surface area contributed by atoms with Crippen molar-refractivity contribution in [2.45, 2.75) is 77.4 Å². The maximum atomic E-state index is 14.8. The number of halogens is 1. The van der Waals surface area contributed by atoms with Crippen LogP contribution in [0.25, 0.3) is 0 Å². The molecule has 0 spiro atoms. The molecule has 1 aliphatic rings. The van der Waals surface area contributed by atoms with E-state index in [9.17, 15) is 14.0 Å². The fraction of sp³-hybridized carbons (Fsp3) is 0.412.